The summed E-state index contributed by atoms with van der Waals surface area (Å²) in [7, 11) is 5.04. The van der Waals surface area contributed by atoms with Gasteiger partial charge in [0.1, 0.15) is 63.0 Å². The van der Waals surface area contributed by atoms with Crippen molar-refractivity contribution < 1.29 is 38.8 Å². The summed E-state index contributed by atoms with van der Waals surface area (Å²) in [4.78, 5) is 78.9. The van der Waals surface area contributed by atoms with Crippen molar-refractivity contribution in [3.63, 3.8) is 0 Å². The van der Waals surface area contributed by atoms with Crippen molar-refractivity contribution in [3.8, 4) is 53.0 Å². The summed E-state index contributed by atoms with van der Waals surface area (Å²) in [6.45, 7) is 32.8. The van der Waals surface area contributed by atoms with Crippen molar-refractivity contribution in [1.29, 1.82) is 0 Å². The molecule has 12 aromatic rings. The standard InChI is InChI=1S/C31H40ClN7O2SSi.C26H30ClN5O3SSi.C19H23BrClN3O2SSi.C7H7N2O.C5H12N2.3CH3.ClH.Sn/c1-21(40)35-28-15-23(11-12-33-28)27-16-26(29(22-7-9-24(32)10-8-22)38-17-25(18-38)37(2)3)30(42-27)31-34-19-39(36-31)20-41-13-14-43(4,5)6;1-17(33)30-23-13-19(9-10-28-23)22-14-21(24(34)18-5-7-20(27)8-6-18)25(36-22)26-29-15-32(31-26)16-35-11-12-37(2,3)4;1-28(2,3)9-8-26-12-24-11-22-19(23-24)18-15(10-16(20)27-18)17(25)13-4-6-14(21)7-5-13;1-6(10)9-7-4-2-3-5-8-7;1-7(2)5-3-6-4-5;;;;;/h7-12,15-16,19,25,29H,13-14,17-18,20H2,1-6H3,(H,33,35,40);5-10,13-15,24,34H,11-12,16H2,1-4H3,(H,28,30,33);4-7,10-11,17,25H,8-9,12H2,1-3H3;3-5H,1H3,(H,8,9,10);5-6H,3-4H2,1-2H3;3*1H3;1H;. The van der Waals surface area contributed by atoms with Gasteiger partial charge in [-0.25, -0.2) is 39.0 Å². The minimum Gasteiger partial charge on any atom is -0.384 e. The number of anilines is 3. The van der Waals surface area contributed by atoms with Gasteiger partial charge in [-0.1, -0.05) is 130 Å². The number of hydrogen-bond acceptors (Lipinski definition) is 24. The number of nitrogens with zero attached hydrogens (tertiary/aromatic N) is 15. The number of thiophene rings is 3. The first kappa shape index (κ1) is 106. The number of likely N-dealkylation sites (tertiary alicyclic amines) is 1. The molecule has 0 spiro atoms. The predicted molar refractivity (Wildman–Crippen MR) is 548 cm³/mol. The molecule has 9 aromatic heterocycles. The number of aliphatic hydroxyl groups is 2. The van der Waals surface area contributed by atoms with E-state index in [0.29, 0.717) is 94.0 Å². The zero-order chi connectivity index (χ0) is 93.7. The molecular formula is C91H122BrCl4N19O8S3Si3Sn. The van der Waals surface area contributed by atoms with Crippen LogP contribution in [0.4, 0.5) is 17.5 Å². The topological polar surface area (TPSA) is 308 Å². The van der Waals surface area contributed by atoms with Gasteiger partial charge in [-0.3, -0.25) is 14.5 Å². The van der Waals surface area contributed by atoms with Crippen LogP contribution in [0.3, 0.4) is 0 Å². The van der Waals surface area contributed by atoms with Gasteiger partial charge in [0.05, 0.1) is 24.5 Å². The van der Waals surface area contributed by atoms with Gasteiger partial charge in [0, 0.05) is 144 Å². The molecule has 3 atom stereocenters. The van der Waals surface area contributed by atoms with E-state index in [4.69, 9.17) is 59.1 Å². The second-order valence-corrected chi connectivity index (χ2v) is 74.0. The third kappa shape index (κ3) is 33.4. The van der Waals surface area contributed by atoms with E-state index in [0.717, 1.165) is 112 Å². The zero-order valence-electron chi connectivity index (χ0n) is 77.4. The molecule has 130 heavy (non-hydrogen) atoms. The number of carbonyl (C=O) groups is 3. The van der Waals surface area contributed by atoms with Gasteiger partial charge >= 0.3 is 88.8 Å². The molecule has 0 aliphatic carbocycles. The Morgan fingerprint density at radius 2 is 0.838 bits per heavy atom. The van der Waals surface area contributed by atoms with Gasteiger partial charge in [0.25, 0.3) is 0 Å². The quantitative estimate of drug-likeness (QED) is 0.0164. The Morgan fingerprint density at radius 1 is 0.492 bits per heavy atom. The van der Waals surface area contributed by atoms with Crippen LogP contribution in [0.2, 0.25) is 107 Å². The zero-order valence-corrected chi connectivity index (χ0v) is 90.3. The summed E-state index contributed by atoms with van der Waals surface area (Å²) >= 11 is 24.4. The molecule has 14 rings (SSSR count). The first-order chi connectivity index (χ1) is 61.0. The molecule has 0 radical (unpaired) electrons. The van der Waals surface area contributed by atoms with E-state index in [9.17, 15) is 24.6 Å². The molecule has 3 amide bonds. The van der Waals surface area contributed by atoms with Crippen LogP contribution in [0.15, 0.2) is 169 Å². The predicted octanol–water partition coefficient (Wildman–Crippen LogP) is 19.7. The second kappa shape index (κ2) is 49.3. The minimum absolute atomic E-state index is 0. The summed E-state index contributed by atoms with van der Waals surface area (Å²) in [6.07, 6.45) is 8.49. The van der Waals surface area contributed by atoms with Crippen LogP contribution >= 0.6 is 97.2 Å². The van der Waals surface area contributed by atoms with Crippen LogP contribution in [0.25, 0.3) is 53.0 Å². The van der Waals surface area contributed by atoms with Gasteiger partial charge in [0.15, 0.2) is 17.5 Å². The number of halogens is 5. The molecule has 6 N–H and O–H groups in total. The molecule has 39 heteroatoms. The first-order valence-corrected chi connectivity index (χ1v) is 68.1. The van der Waals surface area contributed by atoms with Crippen LogP contribution < -0.4 is 24.8 Å². The number of ether oxygens (including phenoxy) is 3. The maximum atomic E-state index is 11.7. The third-order valence-electron chi connectivity index (χ3n) is 20.7. The van der Waals surface area contributed by atoms with Crippen molar-refractivity contribution in [2.45, 2.75) is 163 Å². The Labute approximate surface area is 812 Å². The van der Waals surface area contributed by atoms with Crippen LogP contribution in [0, 0.1) is 0 Å². The van der Waals surface area contributed by atoms with Gasteiger partial charge < -0.3 is 50.2 Å². The minimum atomic E-state index is -2.02. The van der Waals surface area contributed by atoms with Crippen LogP contribution in [0.1, 0.15) is 72.4 Å². The molecule has 3 unspecified atom stereocenters. The SMILES string of the molecule is CC(=O)Nc1c[c]([Sn]([CH3])([CH3])[CH3])ccn1.CC(=O)Nc1cc(-c2cc(C(O)c3ccc(Cl)cc3)c(-c3ncn(COCC[Si](C)(C)C)n3)s2)ccn1.CC(=O)Nc1cc(-c2cc(C(c3ccc(Cl)cc3)N3CC(N(C)C)C3)c(-c3ncn(COCC[Si](C)(C)C)n3)s2)ccn1.CN(C)C1CNC1.C[Si](C)(C)CCOCn1cnc(-c2sc(Br)cc2C(O)c2ccc(Cl)cc2)n1.Cl. The van der Waals surface area contributed by atoms with Crippen LogP contribution in [-0.4, -0.2) is 231 Å². The maximum absolute atomic E-state index is 11.7. The molecule has 3 aromatic carbocycles. The molecule has 2 fully saturated rings. The van der Waals surface area contributed by atoms with E-state index < -0.39 is 54.8 Å². The smallest absolute Gasteiger partial charge is 0.222 e. The number of amides is 3. The van der Waals surface area contributed by atoms with Crippen molar-refractivity contribution in [3.05, 3.63) is 217 Å². The van der Waals surface area contributed by atoms with Gasteiger partial charge in [0.2, 0.25) is 11.8 Å². The summed E-state index contributed by atoms with van der Waals surface area (Å²) in [5.74, 6) is 2.96. The summed E-state index contributed by atoms with van der Waals surface area (Å²) in [5.41, 5.74) is 7.03. The molecule has 2 aliphatic rings. The average Bonchev–Trinajstić information content (AvgIpc) is 1.18. The summed E-state index contributed by atoms with van der Waals surface area (Å²) in [6, 6.07) is 44.6. The van der Waals surface area contributed by atoms with Crippen molar-refractivity contribution >= 4 is 179 Å². The molecule has 0 saturated carbocycles. The van der Waals surface area contributed by atoms with E-state index in [1.165, 1.54) is 60.1 Å². The Kier molecular flexibility index (Phi) is 40.4. The Balaban J connectivity index is 0.000000199. The van der Waals surface area contributed by atoms with Crippen molar-refractivity contribution in [2.75, 3.05) is 90.1 Å². The molecule has 2 aliphatic heterocycles. The molecule has 2 saturated heterocycles. The summed E-state index contributed by atoms with van der Waals surface area (Å²) in [5, 5.41) is 49.6. The first-order valence-electron chi connectivity index (χ1n) is 42.6. The Morgan fingerprint density at radius 3 is 1.18 bits per heavy atom. The fraction of sp³-hybridized carbons (Fsp3) is 0.407. The molecular weight excluding hydrogens is 2010 g/mol. The molecule has 27 nitrogen and oxygen atoms in total. The largest absolute Gasteiger partial charge is 0.384 e. The van der Waals surface area contributed by atoms with E-state index in [1.807, 2.05) is 60.7 Å². The average molecular weight is 2130 g/mol. The number of likely N-dealkylation sites (N-methyl/N-ethyl adjacent to an activating group) is 2. The number of aromatic nitrogens is 12. The van der Waals surface area contributed by atoms with E-state index in [2.05, 4.69) is 213 Å². The number of nitrogens with one attached hydrogen (secondary N) is 4. The monoisotopic (exact) mass is 2130 g/mol. The number of rotatable bonds is 33. The Hall–Kier alpha value is -7.23. The van der Waals surface area contributed by atoms with Crippen LogP contribution in [-0.2, 0) is 48.8 Å². The Bertz CT molecular complexity index is 5620. The van der Waals surface area contributed by atoms with Crippen molar-refractivity contribution in [1.82, 2.24) is 79.3 Å². The second-order valence-electron chi connectivity index (χ2n) is 36.8. The van der Waals surface area contributed by atoms with Crippen LogP contribution in [0.5, 0.6) is 0 Å². The number of pyridine rings is 3. The molecule has 11 heterocycles. The maximum Gasteiger partial charge on any atom is 0.222 e. The number of carbonyl (C=O) groups excluding carboxylic acids is 3. The van der Waals surface area contributed by atoms with Gasteiger partial charge in [-0.15, -0.1) is 61.7 Å². The van der Waals surface area contributed by atoms with E-state index in [-0.39, 0.29) is 36.2 Å². The van der Waals surface area contributed by atoms with Crippen molar-refractivity contribution in [2.24, 2.45) is 0 Å². The normalized spacial score (nSPS) is 13.8. The molecule has 0 bridgehead atoms. The number of benzene rings is 3. The fourth-order valence-electron chi connectivity index (χ4n) is 13.0. The van der Waals surface area contributed by atoms with Gasteiger partial charge in [-0.2, -0.15) is 0 Å². The third-order valence-corrected chi connectivity index (χ3v) is 36.4. The number of aliphatic hydroxyl groups excluding tert-OH is 2. The fourth-order valence-corrected chi connectivity index (χ4v) is 22.7. The van der Waals surface area contributed by atoms with E-state index >= 15 is 0 Å². The summed E-state index contributed by atoms with van der Waals surface area (Å²) < 4.78 is 24.9. The van der Waals surface area contributed by atoms with Gasteiger partial charge in [-0.05, 0) is 174 Å². The van der Waals surface area contributed by atoms with E-state index in [1.54, 1.807) is 105 Å². The molecule has 698 valence electrons. The number of hydrogen-bond donors (Lipinski definition) is 6.